The molecule has 1 aliphatic rings. The Morgan fingerprint density at radius 3 is 2.91 bits per heavy atom. The predicted molar refractivity (Wildman–Crippen MR) is 90.2 cm³/mol. The topological polar surface area (TPSA) is 69.7 Å². The number of nitrogens with zero attached hydrogens (tertiary/aromatic N) is 1. The van der Waals surface area contributed by atoms with Crippen molar-refractivity contribution in [1.29, 1.82) is 0 Å². The zero-order valence-corrected chi connectivity index (χ0v) is 14.7. The van der Waals surface area contributed by atoms with E-state index in [2.05, 4.69) is 15.9 Å². The van der Waals surface area contributed by atoms with Gasteiger partial charge in [0.05, 0.1) is 12.0 Å². The summed E-state index contributed by atoms with van der Waals surface area (Å²) in [5.41, 5.74) is 0.734. The lowest BCUT2D eigenvalue weighted by atomic mass is 10.2. The summed E-state index contributed by atoms with van der Waals surface area (Å²) in [6.45, 7) is 0.0138. The standard InChI is InChI=1S/C14H12BrNO4S2/c1-20-10-3-2-9(15)6-8(10)7-11-13(19)16(14(21)22-11)5-4-12(17)18/h2-3,6-7H,4-5H2,1H3,(H,17,18)/p-1/b11-7-. The second-order valence-corrected chi connectivity index (χ2v) is 6.93. The molecular formula is C14H11BrNO4S2-. The molecule has 0 atom stereocenters. The molecule has 0 spiro atoms. The van der Waals surface area contributed by atoms with Crippen molar-refractivity contribution in [2.24, 2.45) is 0 Å². The van der Waals surface area contributed by atoms with Crippen molar-refractivity contribution in [3.8, 4) is 5.75 Å². The molecule has 0 radical (unpaired) electrons. The number of carbonyl (C=O) groups excluding carboxylic acids is 2. The number of thioether (sulfide) groups is 1. The number of carboxylic acid groups (broad SMARTS) is 1. The van der Waals surface area contributed by atoms with Crippen LogP contribution in [0.15, 0.2) is 27.6 Å². The minimum atomic E-state index is -1.22. The lowest BCUT2D eigenvalue weighted by molar-refractivity contribution is -0.305. The number of aliphatic carboxylic acids is 1. The molecule has 2 rings (SSSR count). The van der Waals surface area contributed by atoms with E-state index in [1.807, 2.05) is 12.1 Å². The van der Waals surface area contributed by atoms with Crippen LogP contribution in [0.4, 0.5) is 0 Å². The predicted octanol–water partition coefficient (Wildman–Crippen LogP) is 1.80. The van der Waals surface area contributed by atoms with E-state index in [4.69, 9.17) is 17.0 Å². The minimum Gasteiger partial charge on any atom is -0.550 e. The minimum absolute atomic E-state index is 0.0138. The van der Waals surface area contributed by atoms with E-state index in [-0.39, 0.29) is 18.9 Å². The molecule has 1 amide bonds. The lowest BCUT2D eigenvalue weighted by Gasteiger charge is -2.14. The Bertz CT molecular complexity index is 675. The van der Waals surface area contributed by atoms with Crippen LogP contribution < -0.4 is 9.84 Å². The van der Waals surface area contributed by atoms with Crippen molar-refractivity contribution in [3.63, 3.8) is 0 Å². The molecule has 1 aromatic rings. The fourth-order valence-corrected chi connectivity index (χ4v) is 3.53. The lowest BCUT2D eigenvalue weighted by Crippen LogP contribution is -2.33. The number of amides is 1. The summed E-state index contributed by atoms with van der Waals surface area (Å²) in [6, 6.07) is 5.44. The number of carboxylic acids is 1. The first-order valence-electron chi connectivity index (χ1n) is 6.21. The van der Waals surface area contributed by atoms with Crippen LogP contribution >= 0.6 is 39.9 Å². The van der Waals surface area contributed by atoms with E-state index < -0.39 is 5.97 Å². The summed E-state index contributed by atoms with van der Waals surface area (Å²) in [7, 11) is 1.55. The second kappa shape index (κ2) is 7.26. The molecule has 1 aliphatic heterocycles. The third-order valence-corrected chi connectivity index (χ3v) is 4.76. The van der Waals surface area contributed by atoms with Gasteiger partial charge in [0, 0.05) is 29.0 Å². The second-order valence-electron chi connectivity index (χ2n) is 4.34. The molecule has 5 nitrogen and oxygen atoms in total. The molecule has 1 fully saturated rings. The van der Waals surface area contributed by atoms with Gasteiger partial charge in [-0.2, -0.15) is 0 Å². The fraction of sp³-hybridized carbons (Fsp3) is 0.214. The SMILES string of the molecule is COc1ccc(Br)cc1/C=C1\SC(=S)N(CCC(=O)[O-])C1=O. The highest BCUT2D eigenvalue weighted by molar-refractivity contribution is 9.10. The number of benzene rings is 1. The Morgan fingerprint density at radius 1 is 1.55 bits per heavy atom. The maximum absolute atomic E-state index is 12.3. The number of hydrogen-bond acceptors (Lipinski definition) is 6. The number of rotatable bonds is 5. The van der Waals surface area contributed by atoms with Gasteiger partial charge in [0.15, 0.2) is 0 Å². The Kier molecular flexibility index (Phi) is 5.60. The van der Waals surface area contributed by atoms with E-state index in [0.717, 1.165) is 21.8 Å². The Morgan fingerprint density at radius 2 is 2.27 bits per heavy atom. The summed E-state index contributed by atoms with van der Waals surface area (Å²) in [4.78, 5) is 24.5. The third-order valence-electron chi connectivity index (χ3n) is 2.89. The van der Waals surface area contributed by atoms with Crippen LogP contribution in [-0.4, -0.2) is 34.8 Å². The van der Waals surface area contributed by atoms with E-state index in [1.165, 1.54) is 4.90 Å². The number of halogens is 1. The van der Waals surface area contributed by atoms with Crippen LogP contribution in [0.2, 0.25) is 0 Å². The molecule has 0 saturated carbocycles. The van der Waals surface area contributed by atoms with Crippen molar-refractivity contribution in [3.05, 3.63) is 33.1 Å². The third kappa shape index (κ3) is 3.88. The molecule has 8 heteroatoms. The van der Waals surface area contributed by atoms with Gasteiger partial charge in [-0.25, -0.2) is 0 Å². The van der Waals surface area contributed by atoms with Crippen LogP contribution in [-0.2, 0) is 9.59 Å². The van der Waals surface area contributed by atoms with Crippen molar-refractivity contribution in [2.45, 2.75) is 6.42 Å². The molecule has 0 bridgehead atoms. The molecule has 1 aromatic carbocycles. The monoisotopic (exact) mass is 400 g/mol. The van der Waals surface area contributed by atoms with E-state index >= 15 is 0 Å². The summed E-state index contributed by atoms with van der Waals surface area (Å²) >= 11 is 9.63. The van der Waals surface area contributed by atoms with Gasteiger partial charge in [-0.3, -0.25) is 9.69 Å². The first-order chi connectivity index (χ1) is 10.4. The molecule has 0 aromatic heterocycles. The maximum atomic E-state index is 12.3. The van der Waals surface area contributed by atoms with Gasteiger partial charge in [-0.15, -0.1) is 0 Å². The van der Waals surface area contributed by atoms with Crippen molar-refractivity contribution in [2.75, 3.05) is 13.7 Å². The quantitative estimate of drug-likeness (QED) is 0.554. The van der Waals surface area contributed by atoms with Crippen LogP contribution in [0.25, 0.3) is 6.08 Å². The van der Waals surface area contributed by atoms with E-state index in [9.17, 15) is 14.7 Å². The summed E-state index contributed by atoms with van der Waals surface area (Å²) in [6.07, 6.45) is 1.43. The van der Waals surface area contributed by atoms with Gasteiger partial charge in [-0.05, 0) is 24.3 Å². The Hall–Kier alpha value is -1.38. The van der Waals surface area contributed by atoms with Crippen LogP contribution in [0.3, 0.4) is 0 Å². The number of hydrogen-bond donors (Lipinski definition) is 0. The zero-order valence-electron chi connectivity index (χ0n) is 11.5. The Labute approximate surface area is 145 Å². The smallest absolute Gasteiger partial charge is 0.266 e. The van der Waals surface area contributed by atoms with Crippen molar-refractivity contribution >= 4 is 62.2 Å². The fourth-order valence-electron chi connectivity index (χ4n) is 1.86. The molecule has 116 valence electrons. The number of thiocarbonyl (C=S) groups is 1. The van der Waals surface area contributed by atoms with Gasteiger partial charge in [-0.1, -0.05) is 39.9 Å². The van der Waals surface area contributed by atoms with Gasteiger partial charge < -0.3 is 14.6 Å². The average molecular weight is 401 g/mol. The number of ether oxygens (including phenoxy) is 1. The summed E-state index contributed by atoms with van der Waals surface area (Å²) in [5.74, 6) is -0.895. The normalized spacial score (nSPS) is 16.5. The number of methoxy groups -OCH3 is 1. The molecule has 0 aliphatic carbocycles. The largest absolute Gasteiger partial charge is 0.550 e. The summed E-state index contributed by atoms with van der Waals surface area (Å²) in [5, 5.41) is 10.5. The van der Waals surface area contributed by atoms with E-state index in [1.54, 1.807) is 19.3 Å². The number of carbonyl (C=O) groups is 2. The first kappa shape index (κ1) is 17.0. The molecule has 1 heterocycles. The van der Waals surface area contributed by atoms with Crippen molar-refractivity contribution < 1.29 is 19.4 Å². The molecule has 0 unspecified atom stereocenters. The van der Waals surface area contributed by atoms with Gasteiger partial charge in [0.25, 0.3) is 5.91 Å². The molecule has 0 N–H and O–H groups in total. The van der Waals surface area contributed by atoms with Crippen LogP contribution in [0.1, 0.15) is 12.0 Å². The zero-order chi connectivity index (χ0) is 16.3. The maximum Gasteiger partial charge on any atom is 0.266 e. The van der Waals surface area contributed by atoms with Gasteiger partial charge in [0.2, 0.25) is 0 Å². The van der Waals surface area contributed by atoms with E-state index in [0.29, 0.717) is 15.0 Å². The molecule has 22 heavy (non-hydrogen) atoms. The average Bonchev–Trinajstić information content (AvgIpc) is 2.71. The Balaban J connectivity index is 2.26. The van der Waals surface area contributed by atoms with Gasteiger partial charge >= 0.3 is 0 Å². The highest BCUT2D eigenvalue weighted by Gasteiger charge is 2.31. The molecular weight excluding hydrogens is 390 g/mol. The van der Waals surface area contributed by atoms with Gasteiger partial charge in [0.1, 0.15) is 10.1 Å². The first-order valence-corrected chi connectivity index (χ1v) is 8.23. The van der Waals surface area contributed by atoms with Crippen LogP contribution in [0, 0.1) is 0 Å². The van der Waals surface area contributed by atoms with Crippen molar-refractivity contribution in [1.82, 2.24) is 4.90 Å². The van der Waals surface area contributed by atoms with Crippen LogP contribution in [0.5, 0.6) is 5.75 Å². The molecule has 1 saturated heterocycles. The highest BCUT2D eigenvalue weighted by atomic mass is 79.9. The summed E-state index contributed by atoms with van der Waals surface area (Å²) < 4.78 is 6.45. The highest BCUT2D eigenvalue weighted by Crippen LogP contribution is 2.35.